The van der Waals surface area contributed by atoms with E-state index < -0.39 is 0 Å². The lowest BCUT2D eigenvalue weighted by Gasteiger charge is -2.34. The normalized spacial score (nSPS) is 21.5. The number of amides is 1. The van der Waals surface area contributed by atoms with Gasteiger partial charge in [0.15, 0.2) is 0 Å². The molecule has 1 aliphatic heterocycles. The highest BCUT2D eigenvalue weighted by molar-refractivity contribution is 5.92. The van der Waals surface area contributed by atoms with Gasteiger partial charge >= 0.3 is 0 Å². The fourth-order valence-electron chi connectivity index (χ4n) is 2.71. The predicted octanol–water partition coefficient (Wildman–Crippen LogP) is 1.44. The molecule has 2 rings (SSSR count). The van der Waals surface area contributed by atoms with Gasteiger partial charge in [-0.05, 0) is 39.7 Å². The summed E-state index contributed by atoms with van der Waals surface area (Å²) in [4.78, 5) is 14.4. The molecule has 0 aromatic carbocycles. The minimum atomic E-state index is -0.353. The zero-order chi connectivity index (χ0) is 14.0. The number of rotatable bonds is 3. The van der Waals surface area contributed by atoms with Gasteiger partial charge in [0, 0.05) is 25.6 Å². The highest BCUT2D eigenvalue weighted by atomic mass is 16.3. The second kappa shape index (κ2) is 5.74. The van der Waals surface area contributed by atoms with Crippen LogP contribution in [0.3, 0.4) is 0 Å². The molecule has 0 aliphatic carbocycles. The molecule has 1 amide bonds. The van der Waals surface area contributed by atoms with Crippen molar-refractivity contribution in [1.29, 1.82) is 0 Å². The number of likely N-dealkylation sites (tertiary alicyclic amines) is 1. The van der Waals surface area contributed by atoms with E-state index in [9.17, 15) is 9.90 Å². The predicted molar refractivity (Wildman–Crippen MR) is 72.9 cm³/mol. The lowest BCUT2D eigenvalue weighted by atomic mass is 9.93. The summed E-state index contributed by atoms with van der Waals surface area (Å²) in [6.45, 7) is 7.80. The Kier molecular flexibility index (Phi) is 4.24. The topological polar surface area (TPSA) is 58.4 Å². The summed E-state index contributed by atoms with van der Waals surface area (Å²) in [6.07, 6.45) is 1.60. The van der Waals surface area contributed by atoms with Gasteiger partial charge in [0.05, 0.1) is 11.8 Å². The number of piperidine rings is 1. The maximum absolute atomic E-state index is 12.5. The Balaban J connectivity index is 2.14. The minimum absolute atomic E-state index is 0.0350. The molecule has 1 N–H and O–H groups in total. The third kappa shape index (κ3) is 2.97. The van der Waals surface area contributed by atoms with Crippen molar-refractivity contribution in [2.75, 3.05) is 13.1 Å². The van der Waals surface area contributed by atoms with Crippen LogP contribution in [0.4, 0.5) is 0 Å². The summed E-state index contributed by atoms with van der Waals surface area (Å²) in [5.74, 6) is 0.226. The molecule has 19 heavy (non-hydrogen) atoms. The van der Waals surface area contributed by atoms with E-state index in [-0.39, 0.29) is 17.9 Å². The van der Waals surface area contributed by atoms with Gasteiger partial charge in [0.25, 0.3) is 5.91 Å². The number of aliphatic hydroxyl groups excluding tert-OH is 1. The van der Waals surface area contributed by atoms with Crippen LogP contribution in [0.5, 0.6) is 0 Å². The van der Waals surface area contributed by atoms with Crippen molar-refractivity contribution >= 4 is 5.91 Å². The Labute approximate surface area is 114 Å². The smallest absolute Gasteiger partial charge is 0.272 e. The SMILES string of the molecule is CCn1nc(C)cc1C(=O)N1CCCC(C(C)O)C1. The van der Waals surface area contributed by atoms with Crippen molar-refractivity contribution in [1.82, 2.24) is 14.7 Å². The molecular weight excluding hydrogens is 242 g/mol. The summed E-state index contributed by atoms with van der Waals surface area (Å²) in [7, 11) is 0. The number of aromatic nitrogens is 2. The molecule has 0 spiro atoms. The molecule has 2 unspecified atom stereocenters. The second-order valence-electron chi connectivity index (χ2n) is 5.38. The fourth-order valence-corrected chi connectivity index (χ4v) is 2.71. The van der Waals surface area contributed by atoms with E-state index in [1.807, 2.05) is 24.8 Å². The van der Waals surface area contributed by atoms with Gasteiger partial charge in [-0.2, -0.15) is 5.10 Å². The van der Waals surface area contributed by atoms with Crippen molar-refractivity contribution in [2.24, 2.45) is 5.92 Å². The van der Waals surface area contributed by atoms with Crippen molar-refractivity contribution in [2.45, 2.75) is 46.3 Å². The van der Waals surface area contributed by atoms with Crippen molar-refractivity contribution in [3.05, 3.63) is 17.5 Å². The average Bonchev–Trinajstić information content (AvgIpc) is 2.79. The van der Waals surface area contributed by atoms with Gasteiger partial charge < -0.3 is 10.0 Å². The molecule has 1 fully saturated rings. The van der Waals surface area contributed by atoms with Crippen molar-refractivity contribution in [3.8, 4) is 0 Å². The highest BCUT2D eigenvalue weighted by Crippen LogP contribution is 2.21. The first kappa shape index (κ1) is 14.1. The first-order chi connectivity index (χ1) is 9.02. The van der Waals surface area contributed by atoms with Crippen LogP contribution in [0, 0.1) is 12.8 Å². The van der Waals surface area contributed by atoms with E-state index in [1.54, 1.807) is 11.6 Å². The van der Waals surface area contributed by atoms with Crippen LogP contribution < -0.4 is 0 Å². The molecule has 1 aromatic rings. The Bertz CT molecular complexity index is 454. The summed E-state index contributed by atoms with van der Waals surface area (Å²) in [5.41, 5.74) is 1.53. The van der Waals surface area contributed by atoms with Crippen molar-refractivity contribution < 1.29 is 9.90 Å². The van der Waals surface area contributed by atoms with E-state index in [0.717, 1.165) is 25.1 Å². The molecule has 1 aliphatic rings. The second-order valence-corrected chi connectivity index (χ2v) is 5.38. The van der Waals surface area contributed by atoms with Gasteiger partial charge in [-0.25, -0.2) is 0 Å². The van der Waals surface area contributed by atoms with Crippen LogP contribution >= 0.6 is 0 Å². The number of aryl methyl sites for hydroxylation is 2. The lowest BCUT2D eigenvalue weighted by molar-refractivity contribution is 0.0457. The van der Waals surface area contributed by atoms with Gasteiger partial charge in [-0.15, -0.1) is 0 Å². The maximum atomic E-state index is 12.5. The standard InChI is InChI=1S/C14H23N3O2/c1-4-17-13(8-10(2)15-17)14(19)16-7-5-6-12(9-16)11(3)18/h8,11-12,18H,4-7,9H2,1-3H3. The third-order valence-electron chi connectivity index (χ3n) is 3.85. The molecule has 2 atom stereocenters. The van der Waals surface area contributed by atoms with E-state index >= 15 is 0 Å². The fraction of sp³-hybridized carbons (Fsp3) is 0.714. The largest absolute Gasteiger partial charge is 0.393 e. The van der Waals surface area contributed by atoms with Gasteiger partial charge in [-0.1, -0.05) is 0 Å². The van der Waals surface area contributed by atoms with Crippen LogP contribution in [0.2, 0.25) is 0 Å². The van der Waals surface area contributed by atoms with E-state index in [4.69, 9.17) is 0 Å². The zero-order valence-electron chi connectivity index (χ0n) is 12.0. The first-order valence-corrected chi connectivity index (χ1v) is 7.04. The minimum Gasteiger partial charge on any atom is -0.393 e. The molecule has 0 radical (unpaired) electrons. The van der Waals surface area contributed by atoms with E-state index in [2.05, 4.69) is 5.10 Å². The quantitative estimate of drug-likeness (QED) is 0.899. The summed E-state index contributed by atoms with van der Waals surface area (Å²) < 4.78 is 1.75. The van der Waals surface area contributed by atoms with Crippen LogP contribution in [-0.2, 0) is 6.54 Å². The molecule has 2 heterocycles. The highest BCUT2D eigenvalue weighted by Gasteiger charge is 2.28. The molecular formula is C14H23N3O2. The number of aliphatic hydroxyl groups is 1. The molecule has 1 saturated heterocycles. The third-order valence-corrected chi connectivity index (χ3v) is 3.85. The first-order valence-electron chi connectivity index (χ1n) is 7.04. The number of hydrogen-bond acceptors (Lipinski definition) is 3. The Morgan fingerprint density at radius 1 is 1.63 bits per heavy atom. The van der Waals surface area contributed by atoms with E-state index in [1.165, 1.54) is 0 Å². The molecule has 0 bridgehead atoms. The van der Waals surface area contributed by atoms with Crippen LogP contribution in [0.1, 0.15) is 42.9 Å². The summed E-state index contributed by atoms with van der Waals surface area (Å²) >= 11 is 0. The number of carbonyl (C=O) groups is 1. The zero-order valence-corrected chi connectivity index (χ0v) is 12.0. The molecule has 5 heteroatoms. The Morgan fingerprint density at radius 2 is 2.37 bits per heavy atom. The average molecular weight is 265 g/mol. The van der Waals surface area contributed by atoms with Gasteiger partial charge in [0.2, 0.25) is 0 Å². The molecule has 1 aromatic heterocycles. The molecule has 106 valence electrons. The summed E-state index contributed by atoms with van der Waals surface area (Å²) in [5, 5.41) is 14.0. The van der Waals surface area contributed by atoms with Crippen LogP contribution in [-0.4, -0.2) is 44.9 Å². The maximum Gasteiger partial charge on any atom is 0.272 e. The molecule has 5 nitrogen and oxygen atoms in total. The summed E-state index contributed by atoms with van der Waals surface area (Å²) in [6, 6.07) is 1.85. The number of hydrogen-bond donors (Lipinski definition) is 1. The number of nitrogens with zero attached hydrogens (tertiary/aromatic N) is 3. The van der Waals surface area contributed by atoms with Crippen molar-refractivity contribution in [3.63, 3.8) is 0 Å². The lowest BCUT2D eigenvalue weighted by Crippen LogP contribution is -2.43. The van der Waals surface area contributed by atoms with Gasteiger partial charge in [-0.3, -0.25) is 9.48 Å². The van der Waals surface area contributed by atoms with Crippen LogP contribution in [0.25, 0.3) is 0 Å². The Morgan fingerprint density at radius 3 is 3.00 bits per heavy atom. The van der Waals surface area contributed by atoms with Gasteiger partial charge in [0.1, 0.15) is 5.69 Å². The van der Waals surface area contributed by atoms with Crippen LogP contribution in [0.15, 0.2) is 6.07 Å². The number of carbonyl (C=O) groups excluding carboxylic acids is 1. The van der Waals surface area contributed by atoms with E-state index in [0.29, 0.717) is 18.8 Å². The monoisotopic (exact) mass is 265 g/mol. The molecule has 0 saturated carbocycles. The Hall–Kier alpha value is -1.36.